The number of anilines is 1. The zero-order chi connectivity index (χ0) is 16.2. The first-order valence-corrected chi connectivity index (χ1v) is 7.24. The summed E-state index contributed by atoms with van der Waals surface area (Å²) >= 11 is 0. The number of nitrogens with one attached hydrogen (secondary N) is 1. The van der Waals surface area contributed by atoms with Crippen LogP contribution in [0.1, 0.15) is 31.9 Å². The maximum atomic E-state index is 11.9. The molecule has 0 spiro atoms. The van der Waals surface area contributed by atoms with Crippen LogP contribution >= 0.6 is 0 Å². The maximum absolute atomic E-state index is 11.9. The molecule has 3 heteroatoms. The van der Waals surface area contributed by atoms with Crippen molar-refractivity contribution in [2.45, 2.75) is 26.2 Å². The molecule has 1 amide bonds. The number of hydrogen-bond donors (Lipinski definition) is 2. The molecule has 0 fully saturated rings. The number of para-hydroxylation sites is 2. The van der Waals surface area contributed by atoms with Gasteiger partial charge in [0.2, 0.25) is 5.91 Å². The number of carbonyl (C=O) groups is 1. The van der Waals surface area contributed by atoms with E-state index in [1.165, 1.54) is 17.7 Å². The lowest BCUT2D eigenvalue weighted by molar-refractivity contribution is -0.111. The lowest BCUT2D eigenvalue weighted by atomic mass is 9.87. The lowest BCUT2D eigenvalue weighted by Crippen LogP contribution is -2.10. The van der Waals surface area contributed by atoms with Crippen molar-refractivity contribution in [3.05, 3.63) is 65.7 Å². The summed E-state index contributed by atoms with van der Waals surface area (Å²) in [5, 5.41) is 12.3. The molecule has 0 bridgehead atoms. The summed E-state index contributed by atoms with van der Waals surface area (Å²) in [6.45, 7) is 6.49. The van der Waals surface area contributed by atoms with E-state index in [4.69, 9.17) is 0 Å². The van der Waals surface area contributed by atoms with E-state index in [-0.39, 0.29) is 17.1 Å². The molecule has 2 aromatic rings. The first kappa shape index (κ1) is 15.8. The SMILES string of the molecule is CC(C)(C)c1ccc(C=CC(=O)Nc2ccccc2O)cc1. The molecular weight excluding hydrogens is 274 g/mol. The average molecular weight is 295 g/mol. The monoisotopic (exact) mass is 295 g/mol. The van der Waals surface area contributed by atoms with Crippen LogP contribution in [0.4, 0.5) is 5.69 Å². The number of hydrogen-bond acceptors (Lipinski definition) is 2. The Hall–Kier alpha value is -2.55. The zero-order valence-electron chi connectivity index (χ0n) is 13.1. The normalized spacial score (nSPS) is 11.6. The number of aromatic hydroxyl groups is 1. The first-order chi connectivity index (χ1) is 10.4. The van der Waals surface area contributed by atoms with Crippen LogP contribution in [-0.4, -0.2) is 11.0 Å². The molecular formula is C19H21NO2. The van der Waals surface area contributed by atoms with Gasteiger partial charge in [-0.05, 0) is 34.8 Å². The lowest BCUT2D eigenvalue weighted by Gasteiger charge is -2.18. The third-order valence-corrected chi connectivity index (χ3v) is 3.37. The standard InChI is InChI=1S/C19H21NO2/c1-19(2,3)15-11-8-14(9-12-15)10-13-18(22)20-16-6-4-5-7-17(16)21/h4-13,21H,1-3H3,(H,20,22). The Bertz CT molecular complexity index is 679. The van der Waals surface area contributed by atoms with Crippen LogP contribution in [0, 0.1) is 0 Å². The topological polar surface area (TPSA) is 49.3 Å². The van der Waals surface area contributed by atoms with Gasteiger partial charge in [-0.1, -0.05) is 57.2 Å². The van der Waals surface area contributed by atoms with E-state index in [1.54, 1.807) is 24.3 Å². The van der Waals surface area contributed by atoms with Gasteiger partial charge in [-0.25, -0.2) is 0 Å². The number of rotatable bonds is 3. The van der Waals surface area contributed by atoms with Gasteiger partial charge in [-0.3, -0.25) is 4.79 Å². The molecule has 0 aromatic heterocycles. The number of carbonyl (C=O) groups excluding carboxylic acids is 1. The van der Waals surface area contributed by atoms with E-state index < -0.39 is 0 Å². The minimum Gasteiger partial charge on any atom is -0.506 e. The van der Waals surface area contributed by atoms with Gasteiger partial charge in [0.05, 0.1) is 5.69 Å². The molecule has 0 radical (unpaired) electrons. The highest BCUT2D eigenvalue weighted by molar-refractivity contribution is 6.02. The van der Waals surface area contributed by atoms with Crippen molar-refractivity contribution < 1.29 is 9.90 Å². The zero-order valence-corrected chi connectivity index (χ0v) is 13.1. The van der Waals surface area contributed by atoms with Gasteiger partial charge in [-0.2, -0.15) is 0 Å². The third kappa shape index (κ3) is 4.22. The minimum absolute atomic E-state index is 0.0544. The Labute approximate surface area is 131 Å². The van der Waals surface area contributed by atoms with Gasteiger partial charge in [0.25, 0.3) is 0 Å². The number of benzene rings is 2. The molecule has 0 heterocycles. The first-order valence-electron chi connectivity index (χ1n) is 7.24. The summed E-state index contributed by atoms with van der Waals surface area (Å²) in [5.41, 5.74) is 2.73. The second kappa shape index (κ2) is 6.48. The summed E-state index contributed by atoms with van der Waals surface area (Å²) in [7, 11) is 0. The van der Waals surface area contributed by atoms with Crippen LogP contribution in [0.25, 0.3) is 6.08 Å². The molecule has 22 heavy (non-hydrogen) atoms. The Morgan fingerprint density at radius 2 is 1.68 bits per heavy atom. The molecule has 0 atom stereocenters. The van der Waals surface area contributed by atoms with Crippen LogP contribution in [0.3, 0.4) is 0 Å². The molecule has 0 saturated carbocycles. The predicted octanol–water partition coefficient (Wildman–Crippen LogP) is 4.34. The minimum atomic E-state index is -0.276. The summed E-state index contributed by atoms with van der Waals surface area (Å²) in [6, 6.07) is 14.8. The van der Waals surface area contributed by atoms with Gasteiger partial charge < -0.3 is 10.4 Å². The number of phenolic OH excluding ortho intramolecular Hbond substituents is 1. The largest absolute Gasteiger partial charge is 0.506 e. The fourth-order valence-corrected chi connectivity index (χ4v) is 2.02. The molecule has 114 valence electrons. The van der Waals surface area contributed by atoms with Gasteiger partial charge >= 0.3 is 0 Å². The Morgan fingerprint density at radius 3 is 2.27 bits per heavy atom. The third-order valence-electron chi connectivity index (χ3n) is 3.37. The van der Waals surface area contributed by atoms with Crippen molar-refractivity contribution in [2.75, 3.05) is 5.32 Å². The van der Waals surface area contributed by atoms with Crippen molar-refractivity contribution in [3.63, 3.8) is 0 Å². The van der Waals surface area contributed by atoms with E-state index in [1.807, 2.05) is 12.1 Å². The van der Waals surface area contributed by atoms with Crippen LogP contribution in [-0.2, 0) is 10.2 Å². The summed E-state index contributed by atoms with van der Waals surface area (Å²) in [5.74, 6) is -0.222. The van der Waals surface area contributed by atoms with Crippen LogP contribution in [0.2, 0.25) is 0 Å². The van der Waals surface area contributed by atoms with Crippen molar-refractivity contribution in [1.82, 2.24) is 0 Å². The summed E-state index contributed by atoms with van der Waals surface area (Å²) < 4.78 is 0. The highest BCUT2D eigenvalue weighted by atomic mass is 16.3. The molecule has 3 nitrogen and oxygen atoms in total. The quantitative estimate of drug-likeness (QED) is 0.653. The average Bonchev–Trinajstić information content (AvgIpc) is 2.47. The molecule has 2 rings (SSSR count). The second-order valence-electron chi connectivity index (χ2n) is 6.21. The molecule has 0 aliphatic carbocycles. The predicted molar refractivity (Wildman–Crippen MR) is 90.9 cm³/mol. The van der Waals surface area contributed by atoms with E-state index in [2.05, 4.69) is 38.2 Å². The van der Waals surface area contributed by atoms with E-state index in [0.717, 1.165) is 5.56 Å². The van der Waals surface area contributed by atoms with E-state index >= 15 is 0 Å². The van der Waals surface area contributed by atoms with Crippen molar-refractivity contribution >= 4 is 17.7 Å². The highest BCUT2D eigenvalue weighted by Gasteiger charge is 2.12. The number of amides is 1. The summed E-state index contributed by atoms with van der Waals surface area (Å²) in [4.78, 5) is 11.9. The fourth-order valence-electron chi connectivity index (χ4n) is 2.02. The Morgan fingerprint density at radius 1 is 1.05 bits per heavy atom. The molecule has 0 saturated heterocycles. The van der Waals surface area contributed by atoms with Gasteiger partial charge in [0, 0.05) is 6.08 Å². The molecule has 0 aliphatic heterocycles. The van der Waals surface area contributed by atoms with E-state index in [9.17, 15) is 9.90 Å². The highest BCUT2D eigenvalue weighted by Crippen LogP contribution is 2.23. The van der Waals surface area contributed by atoms with E-state index in [0.29, 0.717) is 5.69 Å². The van der Waals surface area contributed by atoms with Gasteiger partial charge in [0.15, 0.2) is 0 Å². The Kier molecular flexibility index (Phi) is 4.66. The van der Waals surface area contributed by atoms with Crippen LogP contribution in [0.5, 0.6) is 5.75 Å². The fraction of sp³-hybridized carbons (Fsp3) is 0.211. The van der Waals surface area contributed by atoms with Gasteiger partial charge in [-0.15, -0.1) is 0 Å². The van der Waals surface area contributed by atoms with Crippen molar-refractivity contribution in [3.8, 4) is 5.75 Å². The van der Waals surface area contributed by atoms with Crippen molar-refractivity contribution in [2.24, 2.45) is 0 Å². The van der Waals surface area contributed by atoms with Gasteiger partial charge in [0.1, 0.15) is 5.75 Å². The number of phenols is 1. The van der Waals surface area contributed by atoms with Crippen LogP contribution in [0.15, 0.2) is 54.6 Å². The summed E-state index contributed by atoms with van der Waals surface area (Å²) in [6.07, 6.45) is 3.21. The molecule has 2 N–H and O–H groups in total. The molecule has 0 unspecified atom stereocenters. The maximum Gasteiger partial charge on any atom is 0.248 e. The van der Waals surface area contributed by atoms with Crippen molar-refractivity contribution in [1.29, 1.82) is 0 Å². The second-order valence-corrected chi connectivity index (χ2v) is 6.21. The molecule has 2 aromatic carbocycles. The Balaban J connectivity index is 2.02. The smallest absolute Gasteiger partial charge is 0.248 e. The van der Waals surface area contributed by atoms with Crippen LogP contribution < -0.4 is 5.32 Å². The molecule has 0 aliphatic rings.